The molecular weight excluding hydrogens is 260 g/mol. The van der Waals surface area contributed by atoms with Gasteiger partial charge in [0.2, 0.25) is 10.0 Å². The molecule has 1 heterocycles. The molecule has 0 saturated carbocycles. The van der Waals surface area contributed by atoms with Gasteiger partial charge in [0.15, 0.2) is 0 Å². The topological polar surface area (TPSA) is 63.4 Å². The average Bonchev–Trinajstić information content (AvgIpc) is 2.90. The van der Waals surface area contributed by atoms with Crippen LogP contribution in [0.15, 0.2) is 23.1 Å². The quantitative estimate of drug-likeness (QED) is 0.824. The fourth-order valence-electron chi connectivity index (χ4n) is 2.18. The maximum atomic E-state index is 12.6. The molecule has 1 aromatic rings. The first-order valence-electron chi connectivity index (χ1n) is 6.35. The van der Waals surface area contributed by atoms with Gasteiger partial charge < -0.3 is 5.73 Å². The predicted octanol–water partition coefficient (Wildman–Crippen LogP) is 1.09. The van der Waals surface area contributed by atoms with Crippen LogP contribution in [-0.4, -0.2) is 32.4 Å². The van der Waals surface area contributed by atoms with Gasteiger partial charge in [-0.05, 0) is 37.5 Å². The zero-order chi connectivity index (χ0) is 13.9. The molecule has 0 unspecified atom stereocenters. The van der Waals surface area contributed by atoms with Gasteiger partial charge in [0.05, 0.1) is 11.4 Å². The summed E-state index contributed by atoms with van der Waals surface area (Å²) in [4.78, 5) is 0.293. The van der Waals surface area contributed by atoms with Gasteiger partial charge in [0.25, 0.3) is 0 Å². The van der Waals surface area contributed by atoms with E-state index in [-0.39, 0.29) is 6.54 Å². The lowest BCUT2D eigenvalue weighted by molar-refractivity contribution is 0.477. The van der Waals surface area contributed by atoms with E-state index in [0.717, 1.165) is 18.4 Å². The fourth-order valence-corrected chi connectivity index (χ4v) is 3.83. The number of hydrogen-bond donors (Lipinski definition) is 1. The van der Waals surface area contributed by atoms with Crippen molar-refractivity contribution < 1.29 is 8.42 Å². The van der Waals surface area contributed by atoms with Gasteiger partial charge in [0.1, 0.15) is 0 Å². The second-order valence-electron chi connectivity index (χ2n) is 4.62. The van der Waals surface area contributed by atoms with Gasteiger partial charge in [-0.2, -0.15) is 4.31 Å². The average molecular weight is 278 g/mol. The van der Waals surface area contributed by atoms with Crippen LogP contribution in [0.2, 0.25) is 0 Å². The molecule has 0 radical (unpaired) electrons. The first-order valence-corrected chi connectivity index (χ1v) is 7.79. The molecule has 2 rings (SSSR count). The number of aryl methyl sites for hydroxylation is 1. The van der Waals surface area contributed by atoms with Crippen molar-refractivity contribution >= 4 is 10.0 Å². The molecule has 1 aliphatic rings. The lowest BCUT2D eigenvalue weighted by Gasteiger charge is -2.16. The molecule has 4 nitrogen and oxygen atoms in total. The van der Waals surface area contributed by atoms with Crippen molar-refractivity contribution in [3.05, 3.63) is 29.3 Å². The molecule has 0 atom stereocenters. The van der Waals surface area contributed by atoms with Crippen molar-refractivity contribution in [1.29, 1.82) is 0 Å². The summed E-state index contributed by atoms with van der Waals surface area (Å²) in [6.45, 7) is 3.33. The summed E-state index contributed by atoms with van der Waals surface area (Å²) < 4.78 is 26.6. The van der Waals surface area contributed by atoms with Crippen LogP contribution in [0.5, 0.6) is 0 Å². The molecule has 5 heteroatoms. The van der Waals surface area contributed by atoms with Gasteiger partial charge in [-0.25, -0.2) is 8.42 Å². The molecule has 0 bridgehead atoms. The number of rotatable bonds is 2. The molecule has 0 amide bonds. The Morgan fingerprint density at radius 1 is 1.32 bits per heavy atom. The third kappa shape index (κ3) is 2.98. The monoisotopic (exact) mass is 278 g/mol. The summed E-state index contributed by atoms with van der Waals surface area (Å²) >= 11 is 0. The van der Waals surface area contributed by atoms with Crippen molar-refractivity contribution in [3.8, 4) is 11.8 Å². The number of hydrogen-bond acceptors (Lipinski definition) is 3. The van der Waals surface area contributed by atoms with Gasteiger partial charge in [-0.3, -0.25) is 0 Å². The summed E-state index contributed by atoms with van der Waals surface area (Å²) in [5.74, 6) is 5.59. The first kappa shape index (κ1) is 14.1. The summed E-state index contributed by atoms with van der Waals surface area (Å²) in [6.07, 6.45) is 1.85. The summed E-state index contributed by atoms with van der Waals surface area (Å²) in [7, 11) is -3.43. The van der Waals surface area contributed by atoms with Crippen molar-refractivity contribution in [1.82, 2.24) is 4.31 Å². The van der Waals surface area contributed by atoms with Crippen molar-refractivity contribution in [2.75, 3.05) is 19.6 Å². The normalized spacial score (nSPS) is 16.1. The van der Waals surface area contributed by atoms with Crippen LogP contribution < -0.4 is 5.73 Å². The smallest absolute Gasteiger partial charge is 0.244 e. The Labute approximate surface area is 114 Å². The highest BCUT2D eigenvalue weighted by atomic mass is 32.2. The predicted molar refractivity (Wildman–Crippen MR) is 75.1 cm³/mol. The Morgan fingerprint density at radius 2 is 2.00 bits per heavy atom. The van der Waals surface area contributed by atoms with E-state index in [0.29, 0.717) is 23.5 Å². The highest BCUT2D eigenvalue weighted by molar-refractivity contribution is 7.89. The van der Waals surface area contributed by atoms with Crippen LogP contribution in [0.1, 0.15) is 24.0 Å². The van der Waals surface area contributed by atoms with E-state index in [2.05, 4.69) is 11.8 Å². The summed E-state index contributed by atoms with van der Waals surface area (Å²) in [5.41, 5.74) is 6.89. The van der Waals surface area contributed by atoms with E-state index in [1.54, 1.807) is 18.2 Å². The standard InChI is InChI=1S/C14H18N2O2S/c1-12-6-7-14(13(11-12)5-4-8-15)19(17,18)16-9-2-3-10-16/h6-7,11H,2-3,8-10,15H2,1H3. The van der Waals surface area contributed by atoms with E-state index in [1.807, 2.05) is 6.92 Å². The molecule has 1 fully saturated rings. The first-order chi connectivity index (χ1) is 9.05. The second kappa shape index (κ2) is 5.74. The van der Waals surface area contributed by atoms with E-state index in [1.165, 1.54) is 4.31 Å². The van der Waals surface area contributed by atoms with Crippen LogP contribution in [0.3, 0.4) is 0 Å². The Balaban J connectivity index is 2.49. The summed E-state index contributed by atoms with van der Waals surface area (Å²) in [5, 5.41) is 0. The van der Waals surface area contributed by atoms with Gasteiger partial charge in [0, 0.05) is 18.7 Å². The van der Waals surface area contributed by atoms with Gasteiger partial charge in [-0.1, -0.05) is 17.9 Å². The second-order valence-corrected chi connectivity index (χ2v) is 6.52. The molecule has 0 spiro atoms. The molecular formula is C14H18N2O2S. The van der Waals surface area contributed by atoms with Crippen LogP contribution in [-0.2, 0) is 10.0 Å². The minimum atomic E-state index is -3.43. The maximum absolute atomic E-state index is 12.6. The largest absolute Gasteiger partial charge is 0.320 e. The number of nitrogens with zero attached hydrogens (tertiary/aromatic N) is 1. The molecule has 1 saturated heterocycles. The Kier molecular flexibility index (Phi) is 4.25. The third-order valence-corrected chi connectivity index (χ3v) is 5.10. The fraction of sp³-hybridized carbons (Fsp3) is 0.429. The zero-order valence-electron chi connectivity index (χ0n) is 11.0. The molecule has 1 aliphatic heterocycles. The lowest BCUT2D eigenvalue weighted by Crippen LogP contribution is -2.28. The maximum Gasteiger partial charge on any atom is 0.244 e. The van der Waals surface area contributed by atoms with E-state index in [4.69, 9.17) is 5.73 Å². The summed E-state index contributed by atoms with van der Waals surface area (Å²) in [6, 6.07) is 5.24. The Hall–Kier alpha value is -1.35. The number of benzene rings is 1. The van der Waals surface area contributed by atoms with Crippen LogP contribution >= 0.6 is 0 Å². The molecule has 102 valence electrons. The number of sulfonamides is 1. The SMILES string of the molecule is Cc1ccc(S(=O)(=O)N2CCCC2)c(C#CCN)c1. The third-order valence-electron chi connectivity index (χ3n) is 3.14. The van der Waals surface area contributed by atoms with E-state index < -0.39 is 10.0 Å². The zero-order valence-corrected chi connectivity index (χ0v) is 11.8. The minimum absolute atomic E-state index is 0.219. The molecule has 19 heavy (non-hydrogen) atoms. The molecule has 0 aliphatic carbocycles. The molecule has 2 N–H and O–H groups in total. The van der Waals surface area contributed by atoms with Gasteiger partial charge in [-0.15, -0.1) is 0 Å². The van der Waals surface area contributed by atoms with Crippen molar-refractivity contribution in [2.45, 2.75) is 24.7 Å². The lowest BCUT2D eigenvalue weighted by atomic mass is 10.1. The number of nitrogens with two attached hydrogens (primary N) is 1. The Bertz CT molecular complexity index is 621. The van der Waals surface area contributed by atoms with Crippen molar-refractivity contribution in [3.63, 3.8) is 0 Å². The Morgan fingerprint density at radius 3 is 2.63 bits per heavy atom. The van der Waals surface area contributed by atoms with Crippen LogP contribution in [0.25, 0.3) is 0 Å². The van der Waals surface area contributed by atoms with Crippen LogP contribution in [0.4, 0.5) is 0 Å². The highest BCUT2D eigenvalue weighted by Crippen LogP contribution is 2.24. The minimum Gasteiger partial charge on any atom is -0.320 e. The van der Waals surface area contributed by atoms with Crippen LogP contribution in [0, 0.1) is 18.8 Å². The van der Waals surface area contributed by atoms with Crippen molar-refractivity contribution in [2.24, 2.45) is 5.73 Å². The van der Waals surface area contributed by atoms with Gasteiger partial charge >= 0.3 is 0 Å². The van der Waals surface area contributed by atoms with E-state index >= 15 is 0 Å². The van der Waals surface area contributed by atoms with E-state index in [9.17, 15) is 8.42 Å². The molecule has 1 aromatic carbocycles. The highest BCUT2D eigenvalue weighted by Gasteiger charge is 2.28. The molecule has 0 aromatic heterocycles.